The number of carboxylic acids is 1. The van der Waals surface area contributed by atoms with E-state index < -0.39 is 41.4 Å². The number of aliphatic carboxylic acids is 1. The molecule has 4 atom stereocenters. The first-order valence-corrected chi connectivity index (χ1v) is 5.55. The Hall–Kier alpha value is -1.14. The van der Waals surface area contributed by atoms with Gasteiger partial charge in [-0.05, 0) is 6.08 Å². The van der Waals surface area contributed by atoms with Crippen LogP contribution in [0.15, 0.2) is 21.9 Å². The monoisotopic (exact) mass is 286 g/mol. The maximum Gasteiger partial charge on any atom is 0.342 e. The SMILES string of the molecule is O=C(O)C1=C(O)C2C3C=C(Br)C(O3)C2C1=O. The van der Waals surface area contributed by atoms with Crippen molar-refractivity contribution in [3.8, 4) is 0 Å². The molecule has 0 aromatic carbocycles. The summed E-state index contributed by atoms with van der Waals surface area (Å²) in [5.41, 5.74) is -0.483. The predicted molar refractivity (Wildman–Crippen MR) is 54.9 cm³/mol. The molecule has 84 valence electrons. The molecule has 1 aliphatic carbocycles. The lowest BCUT2D eigenvalue weighted by molar-refractivity contribution is -0.135. The molecule has 3 aliphatic rings. The fourth-order valence-corrected chi connectivity index (χ4v) is 3.32. The highest BCUT2D eigenvalue weighted by molar-refractivity contribution is 9.11. The molecular weight excluding hydrogens is 280 g/mol. The molecule has 6 heteroatoms. The maximum absolute atomic E-state index is 11.8. The predicted octanol–water partition coefficient (Wildman–Crippen LogP) is 0.758. The van der Waals surface area contributed by atoms with Crippen molar-refractivity contribution in [2.75, 3.05) is 0 Å². The number of hydrogen-bond donors (Lipinski definition) is 2. The summed E-state index contributed by atoms with van der Waals surface area (Å²) in [6, 6.07) is 0. The van der Waals surface area contributed by atoms with Crippen LogP contribution in [0.5, 0.6) is 0 Å². The average Bonchev–Trinajstić information content (AvgIpc) is 2.78. The molecule has 2 N–H and O–H groups in total. The summed E-state index contributed by atoms with van der Waals surface area (Å²) in [5.74, 6) is -3.36. The van der Waals surface area contributed by atoms with E-state index in [4.69, 9.17) is 9.84 Å². The number of fused-ring (bicyclic) bond motifs is 5. The highest BCUT2D eigenvalue weighted by Gasteiger charge is 2.60. The second-order valence-corrected chi connectivity index (χ2v) is 4.97. The van der Waals surface area contributed by atoms with Crippen LogP contribution in [0.2, 0.25) is 0 Å². The number of ketones is 1. The van der Waals surface area contributed by atoms with Crippen molar-refractivity contribution in [3.63, 3.8) is 0 Å². The Balaban J connectivity index is 2.09. The van der Waals surface area contributed by atoms with Gasteiger partial charge in [0.05, 0.1) is 17.9 Å². The number of rotatable bonds is 1. The summed E-state index contributed by atoms with van der Waals surface area (Å²) in [5, 5.41) is 18.6. The van der Waals surface area contributed by atoms with Crippen molar-refractivity contribution in [1.82, 2.24) is 0 Å². The zero-order chi connectivity index (χ0) is 11.6. The Labute approximate surface area is 98.5 Å². The number of hydrogen-bond acceptors (Lipinski definition) is 4. The zero-order valence-electron chi connectivity index (χ0n) is 7.88. The molecule has 0 aromatic heterocycles. The third-order valence-corrected chi connectivity index (χ3v) is 4.02. The van der Waals surface area contributed by atoms with Crippen molar-refractivity contribution in [1.29, 1.82) is 0 Å². The number of aliphatic hydroxyl groups is 1. The van der Waals surface area contributed by atoms with Crippen LogP contribution >= 0.6 is 15.9 Å². The molecule has 16 heavy (non-hydrogen) atoms. The molecule has 0 spiro atoms. The lowest BCUT2D eigenvalue weighted by atomic mass is 9.84. The van der Waals surface area contributed by atoms with Crippen LogP contribution in [0, 0.1) is 11.8 Å². The highest BCUT2D eigenvalue weighted by atomic mass is 79.9. The second-order valence-electron chi connectivity index (χ2n) is 4.05. The molecule has 1 saturated heterocycles. The van der Waals surface area contributed by atoms with Crippen LogP contribution in [0.4, 0.5) is 0 Å². The highest BCUT2D eigenvalue weighted by Crippen LogP contribution is 2.52. The molecule has 2 aliphatic heterocycles. The minimum absolute atomic E-state index is 0.341. The van der Waals surface area contributed by atoms with E-state index >= 15 is 0 Å². The molecular formula is C10H7BrO5. The summed E-state index contributed by atoms with van der Waals surface area (Å²) in [7, 11) is 0. The van der Waals surface area contributed by atoms with E-state index in [1.807, 2.05) is 0 Å². The molecule has 2 heterocycles. The number of Topliss-reactive ketones (excluding diaryl/α,β-unsaturated/α-hetero) is 1. The van der Waals surface area contributed by atoms with Crippen LogP contribution in [0.1, 0.15) is 0 Å². The number of halogens is 1. The van der Waals surface area contributed by atoms with E-state index in [-0.39, 0.29) is 5.76 Å². The van der Waals surface area contributed by atoms with Gasteiger partial charge in [-0.15, -0.1) is 0 Å². The van der Waals surface area contributed by atoms with Crippen molar-refractivity contribution in [2.24, 2.45) is 11.8 Å². The van der Waals surface area contributed by atoms with Gasteiger partial charge in [-0.2, -0.15) is 0 Å². The average molecular weight is 287 g/mol. The summed E-state index contributed by atoms with van der Waals surface area (Å²) in [6.45, 7) is 0. The van der Waals surface area contributed by atoms with Gasteiger partial charge in [0.15, 0.2) is 5.78 Å². The summed E-state index contributed by atoms with van der Waals surface area (Å²) in [4.78, 5) is 22.7. The van der Waals surface area contributed by atoms with Gasteiger partial charge < -0.3 is 14.9 Å². The van der Waals surface area contributed by atoms with E-state index in [1.54, 1.807) is 6.08 Å². The number of carboxylic acid groups (broad SMARTS) is 1. The Morgan fingerprint density at radius 1 is 1.44 bits per heavy atom. The molecule has 5 nitrogen and oxygen atoms in total. The van der Waals surface area contributed by atoms with Gasteiger partial charge in [0.25, 0.3) is 0 Å². The van der Waals surface area contributed by atoms with Crippen LogP contribution in [0.25, 0.3) is 0 Å². The van der Waals surface area contributed by atoms with Gasteiger partial charge in [-0.1, -0.05) is 15.9 Å². The van der Waals surface area contributed by atoms with Crippen LogP contribution < -0.4 is 0 Å². The van der Waals surface area contributed by atoms with E-state index in [1.165, 1.54) is 0 Å². The van der Waals surface area contributed by atoms with E-state index in [2.05, 4.69) is 15.9 Å². The first-order chi connectivity index (χ1) is 7.52. The summed E-state index contributed by atoms with van der Waals surface area (Å²) in [6.07, 6.45) is 0.923. The number of ether oxygens (including phenoxy) is 1. The molecule has 0 saturated carbocycles. The Bertz CT molecular complexity index is 478. The minimum Gasteiger partial charge on any atom is -0.511 e. The van der Waals surface area contributed by atoms with Gasteiger partial charge in [-0.3, -0.25) is 4.79 Å². The smallest absolute Gasteiger partial charge is 0.342 e. The third-order valence-electron chi connectivity index (χ3n) is 3.30. The Kier molecular flexibility index (Phi) is 1.85. The largest absolute Gasteiger partial charge is 0.511 e. The number of carbonyl (C=O) groups is 2. The van der Waals surface area contributed by atoms with E-state index in [0.717, 1.165) is 4.48 Å². The minimum atomic E-state index is -1.37. The maximum atomic E-state index is 11.8. The molecule has 0 radical (unpaired) electrons. The van der Waals surface area contributed by atoms with Crippen molar-refractivity contribution in [2.45, 2.75) is 12.2 Å². The molecule has 3 rings (SSSR count). The van der Waals surface area contributed by atoms with Gasteiger partial charge >= 0.3 is 5.97 Å². The van der Waals surface area contributed by atoms with Crippen LogP contribution in [0.3, 0.4) is 0 Å². The van der Waals surface area contributed by atoms with Crippen molar-refractivity contribution in [3.05, 3.63) is 21.9 Å². The van der Waals surface area contributed by atoms with E-state index in [9.17, 15) is 14.7 Å². The van der Waals surface area contributed by atoms with Crippen LogP contribution in [-0.4, -0.2) is 34.2 Å². The quantitative estimate of drug-likeness (QED) is 0.695. The summed E-state index contributed by atoms with van der Waals surface area (Å²) < 4.78 is 6.23. The second kappa shape index (κ2) is 2.95. The van der Waals surface area contributed by atoms with Gasteiger partial charge in [0.2, 0.25) is 0 Å². The Morgan fingerprint density at radius 2 is 2.12 bits per heavy atom. The van der Waals surface area contributed by atoms with Gasteiger partial charge in [0.1, 0.15) is 17.4 Å². The molecule has 0 aromatic rings. The number of carbonyl (C=O) groups excluding carboxylic acids is 1. The normalized spacial score (nSPS) is 40.3. The fourth-order valence-electron chi connectivity index (χ4n) is 2.66. The number of aliphatic hydroxyl groups excluding tert-OH is 1. The standard InChI is InChI=1S/C10H7BrO5/c11-2-1-3-4-5(9(2)16-3)8(13)6(7(4)12)10(14)15/h1,3-5,9,12H,(H,14,15). The first-order valence-electron chi connectivity index (χ1n) is 4.75. The first kappa shape index (κ1) is 10.0. The molecule has 0 amide bonds. The van der Waals surface area contributed by atoms with Crippen molar-refractivity contribution < 1.29 is 24.5 Å². The Morgan fingerprint density at radius 3 is 2.75 bits per heavy atom. The third kappa shape index (κ3) is 0.985. The molecule has 1 fully saturated rings. The summed E-state index contributed by atoms with van der Waals surface area (Å²) >= 11 is 3.27. The lowest BCUT2D eigenvalue weighted by Crippen LogP contribution is -2.28. The van der Waals surface area contributed by atoms with Gasteiger partial charge in [-0.25, -0.2) is 4.79 Å². The van der Waals surface area contributed by atoms with Gasteiger partial charge in [0, 0.05) is 4.48 Å². The topological polar surface area (TPSA) is 83.8 Å². The lowest BCUT2D eigenvalue weighted by Gasteiger charge is -2.17. The van der Waals surface area contributed by atoms with E-state index in [0.29, 0.717) is 0 Å². The molecule has 2 bridgehead atoms. The van der Waals surface area contributed by atoms with Crippen LogP contribution in [-0.2, 0) is 14.3 Å². The molecule has 4 unspecified atom stereocenters. The zero-order valence-corrected chi connectivity index (χ0v) is 9.47. The fraction of sp³-hybridized carbons (Fsp3) is 0.400. The van der Waals surface area contributed by atoms with Crippen molar-refractivity contribution >= 4 is 27.7 Å².